The molecule has 0 saturated carbocycles. The molecule has 0 aliphatic rings. The summed E-state index contributed by atoms with van der Waals surface area (Å²) < 4.78 is 30.4. The Balaban J connectivity index is 3.22. The zero-order chi connectivity index (χ0) is 15.5. The van der Waals surface area contributed by atoms with E-state index in [1.807, 2.05) is 0 Å². The number of hydrogen-bond acceptors (Lipinski definition) is 5. The first-order valence-corrected chi connectivity index (χ1v) is 7.79. The van der Waals surface area contributed by atoms with Crippen LogP contribution in [-0.4, -0.2) is 43.4 Å². The van der Waals surface area contributed by atoms with Gasteiger partial charge in [-0.2, -0.15) is 4.31 Å². The summed E-state index contributed by atoms with van der Waals surface area (Å²) in [7, 11) is -2.73. The molecule has 0 bridgehead atoms. The smallest absolute Gasteiger partial charge is 0.321 e. The van der Waals surface area contributed by atoms with Gasteiger partial charge in [-0.15, -0.1) is 0 Å². The third-order valence-electron chi connectivity index (χ3n) is 2.47. The maximum Gasteiger partial charge on any atom is 0.321 e. The number of ether oxygens (including phenoxy) is 1. The van der Waals surface area contributed by atoms with E-state index >= 15 is 0 Å². The molecule has 1 aromatic rings. The van der Waals surface area contributed by atoms with E-state index in [1.165, 1.54) is 13.2 Å². The van der Waals surface area contributed by atoms with Crippen molar-refractivity contribution in [2.45, 2.75) is 24.8 Å². The minimum absolute atomic E-state index is 0.00896. The Hall–Kier alpha value is -0.890. The number of sulfonamides is 1. The van der Waals surface area contributed by atoms with Crippen LogP contribution in [0.15, 0.2) is 17.2 Å². The van der Waals surface area contributed by atoms with Crippen molar-refractivity contribution in [3.8, 4) is 0 Å². The number of methoxy groups -OCH3 is 1. The van der Waals surface area contributed by atoms with Gasteiger partial charge in [-0.05, 0) is 19.9 Å². The molecule has 9 heteroatoms. The molecular weight excluding hydrogens is 327 g/mol. The summed E-state index contributed by atoms with van der Waals surface area (Å²) in [5.41, 5.74) is 0. The summed E-state index contributed by atoms with van der Waals surface area (Å²) in [6, 6.07) is 0.757. The van der Waals surface area contributed by atoms with Gasteiger partial charge in [0.1, 0.15) is 16.6 Å². The SMILES string of the molecule is COC(=O)CN(C(C)C)S(=O)(=O)c1cnc(Cl)c(Cl)c1. The van der Waals surface area contributed by atoms with Crippen molar-refractivity contribution in [1.29, 1.82) is 0 Å². The second-order valence-corrected chi connectivity index (χ2v) is 6.82. The highest BCUT2D eigenvalue weighted by molar-refractivity contribution is 7.89. The topological polar surface area (TPSA) is 76.6 Å². The summed E-state index contributed by atoms with van der Waals surface area (Å²) in [5, 5.41) is 0.0317. The fourth-order valence-electron chi connectivity index (χ4n) is 1.42. The van der Waals surface area contributed by atoms with Gasteiger partial charge in [-0.3, -0.25) is 4.79 Å². The van der Waals surface area contributed by atoms with Crippen LogP contribution in [0.25, 0.3) is 0 Å². The lowest BCUT2D eigenvalue weighted by Gasteiger charge is -2.24. The maximum atomic E-state index is 12.5. The number of carbonyl (C=O) groups is 1. The Morgan fingerprint density at radius 1 is 1.45 bits per heavy atom. The van der Waals surface area contributed by atoms with Crippen molar-refractivity contribution in [3.63, 3.8) is 0 Å². The normalized spacial score (nSPS) is 11.9. The molecule has 0 atom stereocenters. The predicted molar refractivity (Wildman–Crippen MR) is 75.3 cm³/mol. The zero-order valence-electron chi connectivity index (χ0n) is 11.1. The van der Waals surface area contributed by atoms with Crippen LogP contribution in [0.2, 0.25) is 10.2 Å². The molecule has 112 valence electrons. The molecule has 0 spiro atoms. The molecule has 0 unspecified atom stereocenters. The second-order valence-electron chi connectivity index (χ2n) is 4.16. The minimum atomic E-state index is -3.92. The van der Waals surface area contributed by atoms with E-state index in [9.17, 15) is 13.2 Å². The molecule has 6 nitrogen and oxygen atoms in total. The van der Waals surface area contributed by atoms with Crippen molar-refractivity contribution in [3.05, 3.63) is 22.4 Å². The number of rotatable bonds is 5. The maximum absolute atomic E-state index is 12.5. The fraction of sp³-hybridized carbons (Fsp3) is 0.455. The monoisotopic (exact) mass is 340 g/mol. The van der Waals surface area contributed by atoms with Gasteiger partial charge < -0.3 is 4.74 Å². The lowest BCUT2D eigenvalue weighted by atomic mass is 10.4. The van der Waals surface area contributed by atoms with Crippen LogP contribution in [0.4, 0.5) is 0 Å². The lowest BCUT2D eigenvalue weighted by molar-refractivity contribution is -0.141. The summed E-state index contributed by atoms with van der Waals surface area (Å²) >= 11 is 11.4. The molecule has 20 heavy (non-hydrogen) atoms. The third kappa shape index (κ3) is 3.82. The molecular formula is C11H14Cl2N2O4S. The largest absolute Gasteiger partial charge is 0.468 e. The van der Waals surface area contributed by atoms with Gasteiger partial charge in [0.15, 0.2) is 0 Å². The Bertz CT molecular complexity index is 604. The van der Waals surface area contributed by atoms with Crippen LogP contribution in [0.3, 0.4) is 0 Å². The Morgan fingerprint density at radius 2 is 2.05 bits per heavy atom. The zero-order valence-corrected chi connectivity index (χ0v) is 13.5. The first-order valence-electron chi connectivity index (χ1n) is 5.60. The number of esters is 1. The van der Waals surface area contributed by atoms with Crippen LogP contribution in [0.1, 0.15) is 13.8 Å². The van der Waals surface area contributed by atoms with Crippen molar-refractivity contribution in [1.82, 2.24) is 9.29 Å². The second kappa shape index (κ2) is 6.71. The Morgan fingerprint density at radius 3 is 2.50 bits per heavy atom. The van der Waals surface area contributed by atoms with Gasteiger partial charge in [-0.1, -0.05) is 23.2 Å². The van der Waals surface area contributed by atoms with Crippen molar-refractivity contribution >= 4 is 39.2 Å². The number of carbonyl (C=O) groups excluding carboxylic acids is 1. The van der Waals surface area contributed by atoms with Crippen LogP contribution < -0.4 is 0 Å². The summed E-state index contributed by atoms with van der Waals surface area (Å²) in [6.07, 6.45) is 1.09. The average Bonchev–Trinajstić information content (AvgIpc) is 2.37. The van der Waals surface area contributed by atoms with E-state index in [1.54, 1.807) is 13.8 Å². The Labute approximate surface area is 127 Å². The minimum Gasteiger partial charge on any atom is -0.468 e. The van der Waals surface area contributed by atoms with Gasteiger partial charge in [0.25, 0.3) is 0 Å². The van der Waals surface area contributed by atoms with E-state index in [-0.39, 0.29) is 15.1 Å². The van der Waals surface area contributed by atoms with Crippen molar-refractivity contribution < 1.29 is 17.9 Å². The van der Waals surface area contributed by atoms with Crippen LogP contribution in [0.5, 0.6) is 0 Å². The van der Waals surface area contributed by atoms with E-state index in [0.29, 0.717) is 0 Å². The predicted octanol–water partition coefficient (Wildman–Crippen LogP) is 1.96. The number of hydrogen-bond donors (Lipinski definition) is 0. The van der Waals surface area contributed by atoms with Gasteiger partial charge in [0.2, 0.25) is 10.0 Å². The fourth-order valence-corrected chi connectivity index (χ4v) is 3.31. The highest BCUT2D eigenvalue weighted by atomic mass is 35.5. The molecule has 0 N–H and O–H groups in total. The highest BCUT2D eigenvalue weighted by Gasteiger charge is 2.30. The first-order chi connectivity index (χ1) is 9.20. The molecule has 0 aliphatic heterocycles. The average molecular weight is 341 g/mol. The molecule has 1 rings (SSSR count). The first kappa shape index (κ1) is 17.2. The molecule has 0 aliphatic carbocycles. The third-order valence-corrected chi connectivity index (χ3v) is 5.14. The quantitative estimate of drug-likeness (QED) is 0.604. The molecule has 0 saturated heterocycles. The van der Waals surface area contributed by atoms with Gasteiger partial charge >= 0.3 is 5.97 Å². The van der Waals surface area contributed by atoms with Gasteiger partial charge in [0, 0.05) is 12.2 Å². The molecule has 0 fully saturated rings. The molecule has 1 aromatic heterocycles. The van der Waals surface area contributed by atoms with E-state index in [2.05, 4.69) is 9.72 Å². The summed E-state index contributed by atoms with van der Waals surface area (Å²) in [6.45, 7) is 2.90. The number of nitrogens with zero attached hydrogens (tertiary/aromatic N) is 2. The number of halogens is 2. The van der Waals surface area contributed by atoms with Crippen molar-refractivity contribution in [2.75, 3.05) is 13.7 Å². The van der Waals surface area contributed by atoms with Crippen LogP contribution in [-0.2, 0) is 19.6 Å². The molecule has 0 radical (unpaired) electrons. The number of pyridine rings is 1. The van der Waals surface area contributed by atoms with E-state index in [4.69, 9.17) is 23.2 Å². The summed E-state index contributed by atoms with van der Waals surface area (Å²) in [4.78, 5) is 14.9. The van der Waals surface area contributed by atoms with Gasteiger partial charge in [-0.25, -0.2) is 13.4 Å². The van der Waals surface area contributed by atoms with E-state index < -0.39 is 28.6 Å². The standard InChI is InChI=1S/C11H14Cl2N2O4S/c1-7(2)15(6-10(16)19-3)20(17,18)8-4-9(12)11(13)14-5-8/h4-5,7H,6H2,1-3H3. The Kier molecular flexibility index (Phi) is 5.76. The van der Waals surface area contributed by atoms with Crippen LogP contribution >= 0.6 is 23.2 Å². The molecule has 0 amide bonds. The highest BCUT2D eigenvalue weighted by Crippen LogP contribution is 2.25. The molecule has 1 heterocycles. The summed E-state index contributed by atoms with van der Waals surface area (Å²) in [5.74, 6) is -0.657. The van der Waals surface area contributed by atoms with Crippen LogP contribution in [0, 0.1) is 0 Å². The number of aromatic nitrogens is 1. The lowest BCUT2D eigenvalue weighted by Crippen LogP contribution is -2.41. The molecule has 0 aromatic carbocycles. The van der Waals surface area contributed by atoms with Gasteiger partial charge in [0.05, 0.1) is 12.1 Å². The van der Waals surface area contributed by atoms with Crippen molar-refractivity contribution in [2.24, 2.45) is 0 Å². The van der Waals surface area contributed by atoms with E-state index in [0.717, 1.165) is 10.5 Å².